The summed E-state index contributed by atoms with van der Waals surface area (Å²) < 4.78 is 34.3. The van der Waals surface area contributed by atoms with Gasteiger partial charge in [0.2, 0.25) is 11.8 Å². The van der Waals surface area contributed by atoms with Crippen LogP contribution < -0.4 is 25.8 Å². The van der Waals surface area contributed by atoms with Crippen LogP contribution in [0.4, 0.5) is 20.2 Å². The molecule has 4 N–H and O–H groups in total. The number of rotatable bonds is 8. The molecule has 1 atom stereocenters. The Hall–Kier alpha value is -3.36. The second kappa shape index (κ2) is 8.84. The summed E-state index contributed by atoms with van der Waals surface area (Å²) >= 11 is 0. The third-order valence-corrected chi connectivity index (χ3v) is 3.59. The van der Waals surface area contributed by atoms with Gasteiger partial charge in [-0.2, -0.15) is 8.78 Å². The van der Waals surface area contributed by atoms with E-state index in [1.807, 2.05) is 0 Å². The summed E-state index contributed by atoms with van der Waals surface area (Å²) in [6.45, 7) is -1.40. The summed E-state index contributed by atoms with van der Waals surface area (Å²) in [5, 5.41) is 5.56. The third-order valence-electron chi connectivity index (χ3n) is 3.59. The van der Waals surface area contributed by atoms with Crippen molar-refractivity contribution in [3.63, 3.8) is 0 Å². The van der Waals surface area contributed by atoms with Gasteiger partial charge in [0, 0.05) is 23.0 Å². The topological polar surface area (TPSA) is 103 Å². The van der Waals surface area contributed by atoms with Crippen LogP contribution in [0.15, 0.2) is 42.5 Å². The molecule has 0 aromatic heterocycles. The molecule has 0 aliphatic rings. The number of primary amides is 1. The van der Waals surface area contributed by atoms with E-state index in [0.29, 0.717) is 16.9 Å². The molecule has 144 valence electrons. The number of amides is 2. The molecule has 2 aromatic rings. The maximum Gasteiger partial charge on any atom is 0.387 e. The van der Waals surface area contributed by atoms with Gasteiger partial charge in [-0.15, -0.1) is 0 Å². The van der Waals surface area contributed by atoms with Crippen LogP contribution >= 0.6 is 0 Å². The van der Waals surface area contributed by atoms with Gasteiger partial charge in [0.05, 0.1) is 7.11 Å². The summed E-state index contributed by atoms with van der Waals surface area (Å²) in [6, 6.07) is 9.74. The smallest absolute Gasteiger partial charge is 0.387 e. The molecule has 27 heavy (non-hydrogen) atoms. The van der Waals surface area contributed by atoms with Crippen molar-refractivity contribution in [2.24, 2.45) is 5.73 Å². The fourth-order valence-electron chi connectivity index (χ4n) is 2.24. The van der Waals surface area contributed by atoms with E-state index in [1.54, 1.807) is 25.1 Å². The highest BCUT2D eigenvalue weighted by atomic mass is 19.3. The molecular weight excluding hydrogens is 360 g/mol. The number of nitrogens with two attached hydrogens (primary N) is 1. The third kappa shape index (κ3) is 5.56. The summed E-state index contributed by atoms with van der Waals surface area (Å²) in [7, 11) is 1.33. The summed E-state index contributed by atoms with van der Waals surface area (Å²) in [5.74, 6) is -0.933. The molecule has 0 aliphatic carbocycles. The quantitative estimate of drug-likeness (QED) is 0.655. The van der Waals surface area contributed by atoms with Crippen LogP contribution in [0.25, 0.3) is 0 Å². The van der Waals surface area contributed by atoms with Crippen LogP contribution in [0.2, 0.25) is 0 Å². The second-order valence-electron chi connectivity index (χ2n) is 5.54. The molecule has 0 aliphatic heterocycles. The molecular formula is C18H19F2N3O4. The van der Waals surface area contributed by atoms with Crippen LogP contribution in [0.1, 0.15) is 17.3 Å². The molecule has 0 bridgehead atoms. The predicted molar refractivity (Wildman–Crippen MR) is 96.3 cm³/mol. The van der Waals surface area contributed by atoms with Crippen molar-refractivity contribution in [3.05, 3.63) is 48.0 Å². The Morgan fingerprint density at radius 1 is 1.04 bits per heavy atom. The van der Waals surface area contributed by atoms with Gasteiger partial charge in [0.1, 0.15) is 6.04 Å². The Morgan fingerprint density at radius 3 is 2.22 bits per heavy atom. The van der Waals surface area contributed by atoms with Gasteiger partial charge in [0.15, 0.2) is 11.5 Å². The molecule has 1 unspecified atom stereocenters. The fraction of sp³-hybridized carbons (Fsp3) is 0.222. The van der Waals surface area contributed by atoms with E-state index >= 15 is 0 Å². The average Bonchev–Trinajstić information content (AvgIpc) is 2.61. The van der Waals surface area contributed by atoms with Crippen LogP contribution in [0.5, 0.6) is 11.5 Å². The van der Waals surface area contributed by atoms with E-state index in [4.69, 9.17) is 10.5 Å². The largest absolute Gasteiger partial charge is 0.493 e. The molecule has 2 aromatic carbocycles. The van der Waals surface area contributed by atoms with Crippen LogP contribution in [-0.2, 0) is 4.79 Å². The summed E-state index contributed by atoms with van der Waals surface area (Å²) in [6.07, 6.45) is 0. The Kier molecular flexibility index (Phi) is 6.53. The zero-order chi connectivity index (χ0) is 20.0. The number of anilines is 2. The highest BCUT2D eigenvalue weighted by Crippen LogP contribution is 2.31. The van der Waals surface area contributed by atoms with E-state index < -0.39 is 18.6 Å². The number of carbonyl (C=O) groups is 2. The van der Waals surface area contributed by atoms with E-state index in [-0.39, 0.29) is 17.4 Å². The van der Waals surface area contributed by atoms with Crippen molar-refractivity contribution in [3.8, 4) is 11.5 Å². The number of benzene rings is 2. The van der Waals surface area contributed by atoms with E-state index in [2.05, 4.69) is 15.4 Å². The van der Waals surface area contributed by atoms with Crippen LogP contribution in [0, 0.1) is 0 Å². The van der Waals surface area contributed by atoms with Crippen LogP contribution in [0.3, 0.4) is 0 Å². The van der Waals surface area contributed by atoms with Crippen LogP contribution in [-0.4, -0.2) is 31.6 Å². The van der Waals surface area contributed by atoms with Crippen molar-refractivity contribution in [2.45, 2.75) is 19.6 Å². The number of hydrogen-bond donors (Lipinski definition) is 3. The molecule has 0 saturated carbocycles. The molecule has 2 amide bonds. The van der Waals surface area contributed by atoms with Crippen molar-refractivity contribution < 1.29 is 27.8 Å². The number of alkyl halides is 2. The molecule has 9 heteroatoms. The van der Waals surface area contributed by atoms with Gasteiger partial charge in [-0.3, -0.25) is 9.59 Å². The lowest BCUT2D eigenvalue weighted by molar-refractivity contribution is -0.116. The molecule has 7 nitrogen and oxygen atoms in total. The Labute approximate surface area is 154 Å². The lowest BCUT2D eigenvalue weighted by Gasteiger charge is -2.17. The standard InChI is InChI=1S/C18H19F2N3O4/c1-10(17(25)23-12-5-3-11(4-6-12)16(21)24)22-13-7-8-14(26-2)15(9-13)27-18(19)20/h3-10,18,22H,1-2H3,(H2,21,24)(H,23,25). The first-order valence-corrected chi connectivity index (χ1v) is 7.90. The number of hydrogen-bond acceptors (Lipinski definition) is 5. The predicted octanol–water partition coefficient (Wildman–Crippen LogP) is 2.83. The van der Waals surface area contributed by atoms with Crippen molar-refractivity contribution in [1.82, 2.24) is 0 Å². The number of halogens is 2. The average molecular weight is 379 g/mol. The second-order valence-corrected chi connectivity index (χ2v) is 5.54. The van der Waals surface area contributed by atoms with Gasteiger partial charge in [-0.1, -0.05) is 0 Å². The lowest BCUT2D eigenvalue weighted by atomic mass is 10.2. The Bertz CT molecular complexity index is 813. The maximum atomic E-state index is 12.5. The summed E-state index contributed by atoms with van der Waals surface area (Å²) in [5.41, 5.74) is 6.37. The fourth-order valence-corrected chi connectivity index (χ4v) is 2.24. The summed E-state index contributed by atoms with van der Waals surface area (Å²) in [4.78, 5) is 23.3. The van der Waals surface area contributed by atoms with Gasteiger partial charge < -0.3 is 25.8 Å². The van der Waals surface area contributed by atoms with E-state index in [1.165, 1.54) is 31.4 Å². The Balaban J connectivity index is 2.04. The van der Waals surface area contributed by atoms with Crippen molar-refractivity contribution >= 4 is 23.2 Å². The number of methoxy groups -OCH3 is 1. The van der Waals surface area contributed by atoms with Gasteiger partial charge in [-0.25, -0.2) is 0 Å². The monoisotopic (exact) mass is 379 g/mol. The Morgan fingerprint density at radius 2 is 1.67 bits per heavy atom. The molecule has 2 rings (SSSR count). The van der Waals surface area contributed by atoms with Crippen molar-refractivity contribution in [2.75, 3.05) is 17.7 Å². The molecule has 0 spiro atoms. The van der Waals surface area contributed by atoms with E-state index in [0.717, 1.165) is 0 Å². The van der Waals surface area contributed by atoms with Gasteiger partial charge in [-0.05, 0) is 43.3 Å². The number of carbonyl (C=O) groups excluding carboxylic acids is 2. The minimum absolute atomic E-state index is 0.146. The SMILES string of the molecule is COc1ccc(NC(C)C(=O)Nc2ccc(C(N)=O)cc2)cc1OC(F)F. The molecule has 0 radical (unpaired) electrons. The first kappa shape index (κ1) is 20.0. The zero-order valence-corrected chi connectivity index (χ0v) is 14.7. The first-order valence-electron chi connectivity index (χ1n) is 7.90. The van der Waals surface area contributed by atoms with E-state index in [9.17, 15) is 18.4 Å². The minimum Gasteiger partial charge on any atom is -0.493 e. The zero-order valence-electron chi connectivity index (χ0n) is 14.7. The molecule has 0 fully saturated rings. The highest BCUT2D eigenvalue weighted by Gasteiger charge is 2.16. The van der Waals surface area contributed by atoms with Gasteiger partial charge >= 0.3 is 6.61 Å². The van der Waals surface area contributed by atoms with Crippen molar-refractivity contribution in [1.29, 1.82) is 0 Å². The first-order chi connectivity index (χ1) is 12.8. The normalized spacial score (nSPS) is 11.6. The minimum atomic E-state index is -3.00. The van der Waals surface area contributed by atoms with Gasteiger partial charge in [0.25, 0.3) is 0 Å². The highest BCUT2D eigenvalue weighted by molar-refractivity contribution is 5.97. The maximum absolute atomic E-state index is 12.5. The molecule has 0 saturated heterocycles. The lowest BCUT2D eigenvalue weighted by Crippen LogP contribution is -2.31. The number of ether oxygens (including phenoxy) is 2. The molecule has 0 heterocycles. The number of nitrogens with one attached hydrogen (secondary N) is 2.